The van der Waals surface area contributed by atoms with Crippen LogP contribution in [0.25, 0.3) is 0 Å². The van der Waals surface area contributed by atoms with Gasteiger partial charge in [-0.2, -0.15) is 0 Å². The number of carbonyl (C=O) groups excluding carboxylic acids is 1. The molecule has 1 fully saturated rings. The average molecular weight is 482 g/mol. The minimum atomic E-state index is -2.21. The molecule has 0 aromatic rings. The van der Waals surface area contributed by atoms with E-state index in [0.29, 0.717) is 17.8 Å². The first-order valence-corrected chi connectivity index (χ1v) is 14.5. The molecule has 186 valence electrons. The Bertz CT molecular complexity index is 842. The molecule has 9 nitrogen and oxygen atoms in total. The Morgan fingerprint density at radius 2 is 1.88 bits per heavy atom. The number of nitrogens with zero attached hydrogens (tertiary/aromatic N) is 3. The number of hydrogen-bond acceptors (Lipinski definition) is 8. The first kappa shape index (κ1) is 26.0. The second-order valence-electron chi connectivity index (χ2n) is 11.5. The number of hydrogen-bond donors (Lipinski definition) is 2. The molecular weight excluding hydrogens is 442 g/mol. The van der Waals surface area contributed by atoms with Crippen molar-refractivity contribution in [1.29, 1.82) is 0 Å². The molecule has 0 aliphatic carbocycles. The molecule has 3 heterocycles. The van der Waals surface area contributed by atoms with Crippen LogP contribution < -0.4 is 0 Å². The van der Waals surface area contributed by atoms with Crippen molar-refractivity contribution in [3.8, 4) is 0 Å². The summed E-state index contributed by atoms with van der Waals surface area (Å²) in [5.74, 6) is -0.299. The second-order valence-corrected chi connectivity index (χ2v) is 16.3. The van der Waals surface area contributed by atoms with Crippen LogP contribution in [0.1, 0.15) is 48.0 Å². The standard InChI is InChI=1S/C23H39N3O6Si/c1-22(2,3)31-21(29)26-11-17(32-33(7,8)23(4,5)6)20-19(25-13-26)14(10-24-20)16-9-15(28)18(12-27)30-16/h10,13-18,27-28H,9,11-12H2,1-8H3/t14?,15-,16+,17+,18+/m0/s1. The van der Waals surface area contributed by atoms with Crippen molar-refractivity contribution in [2.45, 2.75) is 96.1 Å². The monoisotopic (exact) mass is 481 g/mol. The van der Waals surface area contributed by atoms with Crippen molar-refractivity contribution in [2.24, 2.45) is 15.9 Å². The molecule has 0 aromatic carbocycles. The summed E-state index contributed by atoms with van der Waals surface area (Å²) in [6.45, 7) is 16.3. The zero-order valence-electron chi connectivity index (χ0n) is 21.0. The minimum Gasteiger partial charge on any atom is -0.443 e. The third-order valence-corrected chi connectivity index (χ3v) is 11.1. The lowest BCUT2D eigenvalue weighted by Gasteiger charge is -2.39. The summed E-state index contributed by atoms with van der Waals surface area (Å²) in [6.07, 6.45) is 0.927. The molecule has 1 amide bonds. The number of aliphatic hydroxyl groups excluding tert-OH is 2. The predicted molar refractivity (Wildman–Crippen MR) is 129 cm³/mol. The molecule has 0 radical (unpaired) electrons. The van der Waals surface area contributed by atoms with Crippen LogP contribution in [0.3, 0.4) is 0 Å². The Morgan fingerprint density at radius 1 is 1.21 bits per heavy atom. The highest BCUT2D eigenvalue weighted by Crippen LogP contribution is 2.41. The SMILES string of the molecule is CC(C)(C)OC(=O)N1C=NC2=C(N=CC2[C@H]2C[C@H](O)[C@@H](CO)O2)[C@H](O[Si](C)(C)C(C)(C)C)C1. The summed E-state index contributed by atoms with van der Waals surface area (Å²) in [7, 11) is -2.21. The van der Waals surface area contributed by atoms with Gasteiger partial charge < -0.3 is 24.1 Å². The molecule has 1 saturated heterocycles. The zero-order chi connectivity index (χ0) is 24.8. The van der Waals surface area contributed by atoms with Gasteiger partial charge in [0.25, 0.3) is 0 Å². The summed E-state index contributed by atoms with van der Waals surface area (Å²) in [4.78, 5) is 23.6. The van der Waals surface area contributed by atoms with Gasteiger partial charge in [0.1, 0.15) is 24.1 Å². The van der Waals surface area contributed by atoms with E-state index >= 15 is 0 Å². The van der Waals surface area contributed by atoms with Gasteiger partial charge >= 0.3 is 6.09 Å². The fourth-order valence-corrected chi connectivity index (χ4v) is 5.06. The summed E-state index contributed by atoms with van der Waals surface area (Å²) in [6, 6.07) is 0. The summed E-state index contributed by atoms with van der Waals surface area (Å²) in [5, 5.41) is 19.7. The molecule has 3 aliphatic heterocycles. The maximum Gasteiger partial charge on any atom is 0.415 e. The van der Waals surface area contributed by atoms with Crippen LogP contribution in [0.2, 0.25) is 18.1 Å². The van der Waals surface area contributed by atoms with E-state index in [2.05, 4.69) is 43.9 Å². The van der Waals surface area contributed by atoms with E-state index in [1.807, 2.05) is 20.8 Å². The van der Waals surface area contributed by atoms with Gasteiger partial charge in [-0.25, -0.2) is 9.79 Å². The second kappa shape index (κ2) is 9.22. The molecule has 0 spiro atoms. The maximum absolute atomic E-state index is 12.9. The van der Waals surface area contributed by atoms with Crippen LogP contribution >= 0.6 is 0 Å². The van der Waals surface area contributed by atoms with Gasteiger partial charge in [-0.1, -0.05) is 20.8 Å². The number of carbonyl (C=O) groups is 1. The molecular formula is C23H39N3O6Si. The number of aliphatic imine (C=N–C) groups is 2. The van der Waals surface area contributed by atoms with Gasteiger partial charge in [-0.15, -0.1) is 0 Å². The third kappa shape index (κ3) is 5.74. The molecule has 3 aliphatic rings. The van der Waals surface area contributed by atoms with Gasteiger partial charge in [-0.3, -0.25) is 9.89 Å². The highest BCUT2D eigenvalue weighted by atomic mass is 28.4. The first-order valence-electron chi connectivity index (χ1n) is 11.6. The Labute approximate surface area is 197 Å². The quantitative estimate of drug-likeness (QED) is 0.597. The minimum absolute atomic E-state index is 0.0353. The summed E-state index contributed by atoms with van der Waals surface area (Å²) >= 11 is 0. The van der Waals surface area contributed by atoms with Crippen molar-refractivity contribution in [2.75, 3.05) is 13.2 Å². The number of rotatable bonds is 4. The highest BCUT2D eigenvalue weighted by Gasteiger charge is 2.46. The zero-order valence-corrected chi connectivity index (χ0v) is 22.0. The Kier molecular flexibility index (Phi) is 7.27. The number of ether oxygens (including phenoxy) is 2. The molecule has 0 aromatic heterocycles. The van der Waals surface area contributed by atoms with Crippen molar-refractivity contribution in [3.05, 3.63) is 11.4 Å². The number of aliphatic hydroxyl groups is 2. The third-order valence-electron chi connectivity index (χ3n) is 6.66. The van der Waals surface area contributed by atoms with E-state index in [-0.39, 0.29) is 30.2 Å². The van der Waals surface area contributed by atoms with Crippen molar-refractivity contribution >= 4 is 27.0 Å². The van der Waals surface area contributed by atoms with Crippen LogP contribution in [-0.4, -0.2) is 85.2 Å². The van der Waals surface area contributed by atoms with Crippen LogP contribution in [0.4, 0.5) is 4.79 Å². The van der Waals surface area contributed by atoms with Gasteiger partial charge in [0.2, 0.25) is 0 Å². The smallest absolute Gasteiger partial charge is 0.415 e. The van der Waals surface area contributed by atoms with Gasteiger partial charge in [0.15, 0.2) is 8.32 Å². The highest BCUT2D eigenvalue weighted by molar-refractivity contribution is 6.74. The van der Waals surface area contributed by atoms with Crippen LogP contribution in [-0.2, 0) is 13.9 Å². The summed E-state index contributed by atoms with van der Waals surface area (Å²) in [5.41, 5.74) is 0.704. The first-order chi connectivity index (χ1) is 15.1. The van der Waals surface area contributed by atoms with Crippen molar-refractivity contribution < 1.29 is 28.9 Å². The van der Waals surface area contributed by atoms with E-state index in [9.17, 15) is 15.0 Å². The Morgan fingerprint density at radius 3 is 2.42 bits per heavy atom. The van der Waals surface area contributed by atoms with Crippen LogP contribution in [0, 0.1) is 5.92 Å². The molecule has 33 heavy (non-hydrogen) atoms. The van der Waals surface area contributed by atoms with Crippen molar-refractivity contribution in [3.63, 3.8) is 0 Å². The topological polar surface area (TPSA) is 113 Å². The predicted octanol–water partition coefficient (Wildman–Crippen LogP) is 3.08. The molecule has 10 heteroatoms. The largest absolute Gasteiger partial charge is 0.443 e. The molecule has 5 atom stereocenters. The lowest BCUT2D eigenvalue weighted by atomic mass is 9.96. The lowest BCUT2D eigenvalue weighted by molar-refractivity contribution is -0.0267. The number of amides is 1. The molecule has 2 N–H and O–H groups in total. The normalized spacial score (nSPS) is 30.6. The van der Waals surface area contributed by atoms with E-state index in [1.54, 1.807) is 6.21 Å². The lowest BCUT2D eigenvalue weighted by Crippen LogP contribution is -2.48. The van der Waals surface area contributed by atoms with E-state index in [4.69, 9.17) is 13.9 Å². The summed E-state index contributed by atoms with van der Waals surface area (Å²) < 4.78 is 18.2. The fraction of sp³-hybridized carbons (Fsp3) is 0.783. The van der Waals surface area contributed by atoms with Crippen LogP contribution in [0.15, 0.2) is 21.4 Å². The average Bonchev–Trinajstić information content (AvgIpc) is 3.19. The fourth-order valence-electron chi connectivity index (χ4n) is 3.81. The molecule has 1 unspecified atom stereocenters. The molecule has 0 saturated carbocycles. The van der Waals surface area contributed by atoms with Gasteiger partial charge in [0, 0.05) is 12.6 Å². The maximum atomic E-state index is 12.9. The van der Waals surface area contributed by atoms with Gasteiger partial charge in [-0.05, 0) is 38.9 Å². The Hall–Kier alpha value is -1.59. The van der Waals surface area contributed by atoms with E-state index in [1.165, 1.54) is 11.2 Å². The van der Waals surface area contributed by atoms with Gasteiger partial charge in [0.05, 0.1) is 42.7 Å². The van der Waals surface area contributed by atoms with Crippen LogP contribution in [0.5, 0.6) is 0 Å². The Balaban J connectivity index is 1.93. The molecule has 0 bridgehead atoms. The van der Waals surface area contributed by atoms with Crippen molar-refractivity contribution in [1.82, 2.24) is 4.90 Å². The molecule has 3 rings (SSSR count). The van der Waals surface area contributed by atoms with E-state index < -0.39 is 38.3 Å². The van der Waals surface area contributed by atoms with E-state index in [0.717, 1.165) is 0 Å².